The maximum absolute atomic E-state index is 12.2. The van der Waals surface area contributed by atoms with Gasteiger partial charge in [-0.1, -0.05) is 13.8 Å². The monoisotopic (exact) mass is 270 g/mol. The molecule has 1 saturated carbocycles. The second-order valence-corrected chi connectivity index (χ2v) is 6.22. The Balaban J connectivity index is 2.55. The molecule has 0 aromatic carbocycles. The number of urea groups is 1. The lowest BCUT2D eigenvalue weighted by Crippen LogP contribution is -2.58. The molecule has 1 fully saturated rings. The summed E-state index contributed by atoms with van der Waals surface area (Å²) in [5, 5.41) is 11.9. The number of carboxylic acids is 1. The Bertz CT molecular complexity index is 338. The zero-order valence-electron chi connectivity index (χ0n) is 12.4. The molecule has 0 radical (unpaired) electrons. The van der Waals surface area contributed by atoms with E-state index in [1.54, 1.807) is 11.9 Å². The number of carbonyl (C=O) groups is 2. The van der Waals surface area contributed by atoms with E-state index >= 15 is 0 Å². The molecule has 1 rings (SSSR count). The number of hydrogen-bond acceptors (Lipinski definition) is 2. The van der Waals surface area contributed by atoms with Gasteiger partial charge in [0, 0.05) is 13.1 Å². The molecule has 0 aliphatic heterocycles. The number of rotatable bonds is 6. The number of aliphatic carboxylic acids is 1. The van der Waals surface area contributed by atoms with Crippen LogP contribution in [0.15, 0.2) is 0 Å². The van der Waals surface area contributed by atoms with Crippen molar-refractivity contribution in [1.29, 1.82) is 0 Å². The van der Waals surface area contributed by atoms with E-state index in [1.807, 2.05) is 6.92 Å². The Labute approximate surface area is 115 Å². The smallest absolute Gasteiger partial charge is 0.317 e. The number of carbonyl (C=O) groups excluding carboxylic acids is 1. The topological polar surface area (TPSA) is 69.6 Å². The zero-order chi connectivity index (χ0) is 14.6. The highest BCUT2D eigenvalue weighted by molar-refractivity contribution is 5.77. The van der Waals surface area contributed by atoms with Crippen molar-refractivity contribution in [2.24, 2.45) is 5.92 Å². The fraction of sp³-hybridized carbons (Fsp3) is 0.857. The van der Waals surface area contributed by atoms with E-state index < -0.39 is 11.5 Å². The summed E-state index contributed by atoms with van der Waals surface area (Å²) in [6.45, 7) is 6.27. The first-order valence-electron chi connectivity index (χ1n) is 7.02. The summed E-state index contributed by atoms with van der Waals surface area (Å²) in [6.07, 6.45) is 3.47. The minimum absolute atomic E-state index is 0.0190. The highest BCUT2D eigenvalue weighted by atomic mass is 16.4. The van der Waals surface area contributed by atoms with E-state index in [9.17, 15) is 9.59 Å². The molecule has 0 bridgehead atoms. The van der Waals surface area contributed by atoms with Crippen LogP contribution in [0.1, 0.15) is 52.9 Å². The maximum Gasteiger partial charge on any atom is 0.317 e. The van der Waals surface area contributed by atoms with Crippen LogP contribution in [0.2, 0.25) is 0 Å². The van der Waals surface area contributed by atoms with Gasteiger partial charge in [0.2, 0.25) is 0 Å². The van der Waals surface area contributed by atoms with Crippen molar-refractivity contribution >= 4 is 12.0 Å². The minimum atomic E-state index is -0.849. The summed E-state index contributed by atoms with van der Waals surface area (Å²) in [7, 11) is 1.77. The van der Waals surface area contributed by atoms with Crippen LogP contribution in [0, 0.1) is 5.92 Å². The molecule has 1 aliphatic carbocycles. The van der Waals surface area contributed by atoms with Crippen LogP contribution in [0.5, 0.6) is 0 Å². The molecule has 2 N–H and O–H groups in total. The molecule has 5 nitrogen and oxygen atoms in total. The van der Waals surface area contributed by atoms with Gasteiger partial charge in [-0.05, 0) is 38.5 Å². The number of amides is 2. The van der Waals surface area contributed by atoms with Gasteiger partial charge in [-0.15, -0.1) is 0 Å². The first-order valence-corrected chi connectivity index (χ1v) is 7.02. The van der Waals surface area contributed by atoms with E-state index in [2.05, 4.69) is 19.2 Å². The van der Waals surface area contributed by atoms with Crippen LogP contribution in [-0.2, 0) is 4.79 Å². The van der Waals surface area contributed by atoms with Gasteiger partial charge in [-0.2, -0.15) is 0 Å². The normalized spacial score (nSPS) is 18.6. The molecular weight excluding hydrogens is 244 g/mol. The second kappa shape index (κ2) is 6.26. The van der Waals surface area contributed by atoms with Gasteiger partial charge in [0.05, 0.1) is 12.0 Å². The van der Waals surface area contributed by atoms with Gasteiger partial charge in [-0.3, -0.25) is 4.79 Å². The molecule has 2 amide bonds. The molecule has 19 heavy (non-hydrogen) atoms. The van der Waals surface area contributed by atoms with Crippen molar-refractivity contribution in [2.75, 3.05) is 7.05 Å². The highest BCUT2D eigenvalue weighted by Gasteiger charge is 2.41. The number of hydrogen-bond donors (Lipinski definition) is 2. The molecule has 0 heterocycles. The summed E-state index contributed by atoms with van der Waals surface area (Å²) in [5.41, 5.74) is -0.519. The molecule has 1 unspecified atom stereocenters. The Morgan fingerprint density at radius 2 is 1.89 bits per heavy atom. The average Bonchev–Trinajstić information content (AvgIpc) is 2.23. The lowest BCUT2D eigenvalue weighted by molar-refractivity contribution is -0.139. The van der Waals surface area contributed by atoms with E-state index in [1.165, 1.54) is 0 Å². The van der Waals surface area contributed by atoms with E-state index in [0.717, 1.165) is 25.7 Å². The largest absolute Gasteiger partial charge is 0.481 e. The Hall–Kier alpha value is -1.26. The zero-order valence-corrected chi connectivity index (χ0v) is 12.4. The summed E-state index contributed by atoms with van der Waals surface area (Å²) >= 11 is 0. The first-order chi connectivity index (χ1) is 8.76. The highest BCUT2D eigenvalue weighted by Crippen LogP contribution is 2.35. The van der Waals surface area contributed by atoms with Crippen molar-refractivity contribution in [3.8, 4) is 0 Å². The lowest BCUT2D eigenvalue weighted by atomic mass is 9.74. The van der Waals surface area contributed by atoms with Crippen molar-refractivity contribution < 1.29 is 14.7 Å². The van der Waals surface area contributed by atoms with Crippen molar-refractivity contribution in [3.05, 3.63) is 0 Å². The van der Waals surface area contributed by atoms with Crippen molar-refractivity contribution in [2.45, 2.75) is 64.5 Å². The number of carboxylic acid groups (broad SMARTS) is 1. The Morgan fingerprint density at radius 3 is 2.26 bits per heavy atom. The van der Waals surface area contributed by atoms with Crippen LogP contribution < -0.4 is 5.32 Å². The Kier molecular flexibility index (Phi) is 5.20. The fourth-order valence-electron chi connectivity index (χ4n) is 2.59. The van der Waals surface area contributed by atoms with Gasteiger partial charge in [0.1, 0.15) is 0 Å². The van der Waals surface area contributed by atoms with Gasteiger partial charge in [0.15, 0.2) is 0 Å². The molecule has 1 atom stereocenters. The molecule has 110 valence electrons. The SMILES string of the molecule is CC(C)CC(C)N(C)C(=O)NC1(CC(=O)O)CCC1. The minimum Gasteiger partial charge on any atom is -0.481 e. The average molecular weight is 270 g/mol. The van der Waals surface area contributed by atoms with E-state index in [-0.39, 0.29) is 18.5 Å². The third-order valence-electron chi connectivity index (χ3n) is 3.97. The van der Waals surface area contributed by atoms with Gasteiger partial charge >= 0.3 is 12.0 Å². The Morgan fingerprint density at radius 1 is 1.32 bits per heavy atom. The van der Waals surface area contributed by atoms with Gasteiger partial charge < -0.3 is 15.3 Å². The van der Waals surface area contributed by atoms with Gasteiger partial charge in [0.25, 0.3) is 0 Å². The standard InChI is InChI=1S/C14H26N2O3/c1-10(2)8-11(3)16(4)13(19)15-14(6-5-7-14)9-12(17)18/h10-11H,5-9H2,1-4H3,(H,15,19)(H,17,18). The quantitative estimate of drug-likeness (QED) is 0.779. The van der Waals surface area contributed by atoms with E-state index in [4.69, 9.17) is 5.11 Å². The summed E-state index contributed by atoms with van der Waals surface area (Å²) in [4.78, 5) is 24.7. The fourth-order valence-corrected chi connectivity index (χ4v) is 2.59. The molecule has 1 aliphatic rings. The molecule has 5 heteroatoms. The number of nitrogens with one attached hydrogen (secondary N) is 1. The van der Waals surface area contributed by atoms with Crippen LogP contribution in [0.25, 0.3) is 0 Å². The van der Waals surface area contributed by atoms with Crippen LogP contribution >= 0.6 is 0 Å². The van der Waals surface area contributed by atoms with E-state index in [0.29, 0.717) is 5.92 Å². The summed E-state index contributed by atoms with van der Waals surface area (Å²) in [6, 6.07) is -0.00365. The third-order valence-corrected chi connectivity index (χ3v) is 3.97. The molecule has 0 aromatic heterocycles. The second-order valence-electron chi connectivity index (χ2n) is 6.22. The summed E-state index contributed by atoms with van der Waals surface area (Å²) in [5.74, 6) is -0.320. The van der Waals surface area contributed by atoms with Crippen molar-refractivity contribution in [1.82, 2.24) is 10.2 Å². The van der Waals surface area contributed by atoms with Gasteiger partial charge in [-0.25, -0.2) is 4.79 Å². The van der Waals surface area contributed by atoms with Crippen LogP contribution in [-0.4, -0.2) is 40.6 Å². The van der Waals surface area contributed by atoms with Crippen molar-refractivity contribution in [3.63, 3.8) is 0 Å². The number of nitrogens with zero attached hydrogens (tertiary/aromatic N) is 1. The molecule has 0 saturated heterocycles. The molecule has 0 aromatic rings. The first kappa shape index (κ1) is 15.8. The predicted octanol–water partition coefficient (Wildman–Crippen LogP) is 2.46. The van der Waals surface area contributed by atoms with Crippen LogP contribution in [0.3, 0.4) is 0 Å². The summed E-state index contributed by atoms with van der Waals surface area (Å²) < 4.78 is 0. The molecular formula is C14H26N2O3. The van der Waals surface area contributed by atoms with Crippen LogP contribution in [0.4, 0.5) is 4.79 Å². The predicted molar refractivity (Wildman–Crippen MR) is 74.0 cm³/mol. The maximum atomic E-state index is 12.2. The molecule has 0 spiro atoms. The third kappa shape index (κ3) is 4.40. The lowest BCUT2D eigenvalue weighted by Gasteiger charge is -2.43.